The third-order valence-corrected chi connectivity index (χ3v) is 7.30. The molecule has 0 aliphatic carbocycles. The summed E-state index contributed by atoms with van der Waals surface area (Å²) >= 11 is 0. The summed E-state index contributed by atoms with van der Waals surface area (Å²) in [6.45, 7) is 3.23. The molecule has 1 atom stereocenters. The van der Waals surface area contributed by atoms with Crippen molar-refractivity contribution in [2.24, 2.45) is 0 Å². The van der Waals surface area contributed by atoms with Crippen LogP contribution in [0.4, 0.5) is 0 Å². The highest BCUT2D eigenvalue weighted by molar-refractivity contribution is 7.89. The van der Waals surface area contributed by atoms with Gasteiger partial charge < -0.3 is 5.32 Å². The Morgan fingerprint density at radius 2 is 1.59 bits per heavy atom. The van der Waals surface area contributed by atoms with Crippen LogP contribution in [0.25, 0.3) is 0 Å². The lowest BCUT2D eigenvalue weighted by molar-refractivity contribution is -0.121. The molecule has 3 rings (SSSR count). The lowest BCUT2D eigenvalue weighted by atomic mass is 10.1. The van der Waals surface area contributed by atoms with Gasteiger partial charge in [0.1, 0.15) is 0 Å². The maximum Gasteiger partial charge on any atom is 0.243 e. The number of nitrogens with one attached hydrogen (secondary N) is 1. The van der Waals surface area contributed by atoms with Gasteiger partial charge in [-0.05, 0) is 62.3 Å². The maximum absolute atomic E-state index is 12.6. The molecule has 1 amide bonds. The molecule has 156 valence electrons. The number of rotatable bonds is 9. The molecule has 1 heterocycles. The molecule has 1 N–H and O–H groups in total. The molecule has 0 unspecified atom stereocenters. The Morgan fingerprint density at radius 1 is 0.966 bits per heavy atom. The zero-order chi connectivity index (χ0) is 20.7. The summed E-state index contributed by atoms with van der Waals surface area (Å²) in [7, 11) is -3.38. The van der Waals surface area contributed by atoms with Crippen LogP contribution in [0.2, 0.25) is 0 Å². The quantitative estimate of drug-likeness (QED) is 0.682. The van der Waals surface area contributed by atoms with Gasteiger partial charge in [-0.15, -0.1) is 0 Å². The molecule has 0 saturated carbocycles. The normalized spacial score (nSPS) is 15.9. The monoisotopic (exact) mass is 414 g/mol. The molecule has 0 spiro atoms. The Bertz CT molecular complexity index is 889. The standard InChI is InChI=1S/C23H30N2O3S/c1-19(9-10-20-7-3-2-4-8-20)24-23(26)16-13-21-11-14-22(15-12-21)29(27,28)25-17-5-6-18-25/h2-4,7-8,11-12,14-15,19H,5-6,9-10,13,16-18H2,1H3,(H,24,26)/t19-/m0/s1. The fourth-order valence-electron chi connectivity index (χ4n) is 3.61. The SMILES string of the molecule is C[C@@H](CCc1ccccc1)NC(=O)CCc1ccc(S(=O)(=O)N2CCCC2)cc1. The van der Waals surface area contributed by atoms with Crippen LogP contribution in [0.5, 0.6) is 0 Å². The Labute approximate surface area is 174 Å². The molecule has 5 nitrogen and oxygen atoms in total. The van der Waals surface area contributed by atoms with Gasteiger partial charge in [0.25, 0.3) is 0 Å². The van der Waals surface area contributed by atoms with Gasteiger partial charge in [0.15, 0.2) is 0 Å². The van der Waals surface area contributed by atoms with Crippen LogP contribution in [0.15, 0.2) is 59.5 Å². The van der Waals surface area contributed by atoms with E-state index in [1.807, 2.05) is 37.3 Å². The van der Waals surface area contributed by atoms with Crippen LogP contribution in [0, 0.1) is 0 Å². The van der Waals surface area contributed by atoms with Gasteiger partial charge in [-0.1, -0.05) is 42.5 Å². The van der Waals surface area contributed by atoms with Gasteiger partial charge >= 0.3 is 0 Å². The van der Waals surface area contributed by atoms with Crippen molar-refractivity contribution in [3.05, 3.63) is 65.7 Å². The van der Waals surface area contributed by atoms with Gasteiger partial charge in [-0.2, -0.15) is 4.31 Å². The van der Waals surface area contributed by atoms with E-state index in [0.717, 1.165) is 31.2 Å². The van der Waals surface area contributed by atoms with Gasteiger partial charge in [0.2, 0.25) is 15.9 Å². The second kappa shape index (κ2) is 10.0. The first-order valence-electron chi connectivity index (χ1n) is 10.4. The Kier molecular flexibility index (Phi) is 7.45. The maximum atomic E-state index is 12.6. The van der Waals surface area contributed by atoms with Crippen LogP contribution in [-0.4, -0.2) is 37.8 Å². The fraction of sp³-hybridized carbons (Fsp3) is 0.435. The summed E-state index contributed by atoms with van der Waals surface area (Å²) in [5.41, 5.74) is 2.25. The number of hydrogen-bond donors (Lipinski definition) is 1. The number of nitrogens with zero attached hydrogens (tertiary/aromatic N) is 1. The van der Waals surface area contributed by atoms with Crippen LogP contribution < -0.4 is 5.32 Å². The summed E-state index contributed by atoms with van der Waals surface area (Å²) in [4.78, 5) is 12.6. The molecule has 1 aliphatic rings. The van der Waals surface area contributed by atoms with E-state index in [-0.39, 0.29) is 11.9 Å². The highest BCUT2D eigenvalue weighted by Gasteiger charge is 2.26. The molecular weight excluding hydrogens is 384 g/mol. The molecule has 1 aliphatic heterocycles. The smallest absolute Gasteiger partial charge is 0.243 e. The fourth-order valence-corrected chi connectivity index (χ4v) is 5.13. The van der Waals surface area contributed by atoms with E-state index in [1.54, 1.807) is 16.4 Å². The van der Waals surface area contributed by atoms with Crippen molar-refractivity contribution in [2.45, 2.75) is 56.4 Å². The van der Waals surface area contributed by atoms with E-state index in [0.29, 0.717) is 30.8 Å². The van der Waals surface area contributed by atoms with Crippen molar-refractivity contribution in [1.29, 1.82) is 0 Å². The number of amides is 1. The van der Waals surface area contributed by atoms with Gasteiger partial charge in [-0.25, -0.2) is 8.42 Å². The minimum Gasteiger partial charge on any atom is -0.354 e. The number of hydrogen-bond acceptors (Lipinski definition) is 3. The topological polar surface area (TPSA) is 66.5 Å². The first-order valence-corrected chi connectivity index (χ1v) is 11.8. The van der Waals surface area contributed by atoms with E-state index >= 15 is 0 Å². The van der Waals surface area contributed by atoms with Gasteiger partial charge in [0, 0.05) is 25.6 Å². The van der Waals surface area contributed by atoms with Crippen LogP contribution >= 0.6 is 0 Å². The first-order chi connectivity index (χ1) is 13.9. The molecule has 2 aromatic carbocycles. The summed E-state index contributed by atoms with van der Waals surface area (Å²) < 4.78 is 26.7. The number of carbonyl (C=O) groups is 1. The molecule has 0 bridgehead atoms. The second-order valence-electron chi connectivity index (χ2n) is 7.75. The summed E-state index contributed by atoms with van der Waals surface area (Å²) in [5, 5.41) is 3.05. The lowest BCUT2D eigenvalue weighted by Crippen LogP contribution is -2.33. The molecule has 2 aromatic rings. The summed E-state index contributed by atoms with van der Waals surface area (Å²) in [6, 6.07) is 17.3. The zero-order valence-corrected chi connectivity index (χ0v) is 17.8. The second-order valence-corrected chi connectivity index (χ2v) is 9.69. The average Bonchev–Trinajstić information content (AvgIpc) is 3.28. The number of carbonyl (C=O) groups excluding carboxylic acids is 1. The first kappa shape index (κ1) is 21.5. The van der Waals surface area contributed by atoms with Crippen molar-refractivity contribution in [3.63, 3.8) is 0 Å². The third-order valence-electron chi connectivity index (χ3n) is 5.38. The molecule has 1 fully saturated rings. The van der Waals surface area contributed by atoms with Crippen molar-refractivity contribution in [3.8, 4) is 0 Å². The molecular formula is C23H30N2O3S. The van der Waals surface area contributed by atoms with E-state index in [1.165, 1.54) is 5.56 Å². The predicted octanol–water partition coefficient (Wildman–Crippen LogP) is 3.54. The minimum absolute atomic E-state index is 0.0272. The Morgan fingerprint density at radius 3 is 2.24 bits per heavy atom. The lowest BCUT2D eigenvalue weighted by Gasteiger charge is -2.16. The zero-order valence-electron chi connectivity index (χ0n) is 17.0. The average molecular weight is 415 g/mol. The van der Waals surface area contributed by atoms with E-state index in [9.17, 15) is 13.2 Å². The van der Waals surface area contributed by atoms with Gasteiger partial charge in [0.05, 0.1) is 4.90 Å². The Hall–Kier alpha value is -2.18. The third kappa shape index (κ3) is 6.15. The molecule has 1 saturated heterocycles. The van der Waals surface area contributed by atoms with E-state index < -0.39 is 10.0 Å². The Balaban J connectivity index is 1.44. The van der Waals surface area contributed by atoms with E-state index in [4.69, 9.17) is 0 Å². The number of benzene rings is 2. The van der Waals surface area contributed by atoms with Crippen LogP contribution in [-0.2, 0) is 27.7 Å². The van der Waals surface area contributed by atoms with E-state index in [2.05, 4.69) is 17.4 Å². The van der Waals surface area contributed by atoms with Crippen LogP contribution in [0.1, 0.15) is 43.7 Å². The highest BCUT2D eigenvalue weighted by Crippen LogP contribution is 2.21. The van der Waals surface area contributed by atoms with Crippen molar-refractivity contribution >= 4 is 15.9 Å². The largest absolute Gasteiger partial charge is 0.354 e. The van der Waals surface area contributed by atoms with Crippen LogP contribution in [0.3, 0.4) is 0 Å². The summed E-state index contributed by atoms with van der Waals surface area (Å²) in [5.74, 6) is 0.0272. The highest BCUT2D eigenvalue weighted by atomic mass is 32.2. The summed E-state index contributed by atoms with van der Waals surface area (Å²) in [6.07, 6.45) is 4.69. The van der Waals surface area contributed by atoms with Gasteiger partial charge in [-0.3, -0.25) is 4.79 Å². The predicted molar refractivity (Wildman–Crippen MR) is 115 cm³/mol. The molecule has 0 aromatic heterocycles. The minimum atomic E-state index is -3.38. The van der Waals surface area contributed by atoms with Crippen molar-refractivity contribution < 1.29 is 13.2 Å². The van der Waals surface area contributed by atoms with Crippen molar-refractivity contribution in [1.82, 2.24) is 9.62 Å². The molecule has 29 heavy (non-hydrogen) atoms. The number of aryl methyl sites for hydroxylation is 2. The van der Waals surface area contributed by atoms with Crippen molar-refractivity contribution in [2.75, 3.05) is 13.1 Å². The molecule has 6 heteroatoms. The molecule has 0 radical (unpaired) electrons. The number of sulfonamides is 1.